The molecule has 0 aliphatic heterocycles. The van der Waals surface area contributed by atoms with Gasteiger partial charge in [-0.15, -0.1) is 0 Å². The van der Waals surface area contributed by atoms with Gasteiger partial charge in [-0.05, 0) is 24.3 Å². The molecule has 0 bridgehead atoms. The summed E-state index contributed by atoms with van der Waals surface area (Å²) < 4.78 is 0. The van der Waals surface area contributed by atoms with E-state index < -0.39 is 17.0 Å². The summed E-state index contributed by atoms with van der Waals surface area (Å²) in [6.45, 7) is 0. The maximum absolute atomic E-state index is 12.8. The Kier molecular flexibility index (Phi) is 7.65. The Morgan fingerprint density at radius 3 is 2.46 bits per heavy atom. The number of carbonyl (C=O) groups is 2. The number of anilines is 2. The van der Waals surface area contributed by atoms with Crippen LogP contribution in [0.3, 0.4) is 0 Å². The van der Waals surface area contributed by atoms with Crippen molar-refractivity contribution in [2.75, 3.05) is 17.7 Å². The van der Waals surface area contributed by atoms with Gasteiger partial charge in [-0.3, -0.25) is 15.0 Å². The summed E-state index contributed by atoms with van der Waals surface area (Å²) in [5.74, 6) is -1.06. The maximum Gasteiger partial charge on any atom is 0.272 e. The minimum Gasteiger partial charge on any atom is -0.355 e. The Morgan fingerprint density at radius 1 is 1.14 bits per heavy atom. The van der Waals surface area contributed by atoms with Gasteiger partial charge < -0.3 is 16.0 Å². The summed E-state index contributed by atoms with van der Waals surface area (Å²) >= 11 is 23.7. The van der Waals surface area contributed by atoms with Crippen LogP contribution in [0.15, 0.2) is 42.2 Å². The standard InChI is InChI=1S/C17H13Cl4N5O2/c1-23-16(27)9-5-8(18)6-11(20)14(9)26-17(28)12(7-13(21)22)25-15-10(19)3-2-4-24-15/h2-7,22H,1H3,(H,23,27)(H,24,25)(H,26,28)/b12-7-,22-13?. The first-order valence-corrected chi connectivity index (χ1v) is 9.10. The van der Waals surface area contributed by atoms with Gasteiger partial charge in [0, 0.05) is 24.3 Å². The highest BCUT2D eigenvalue weighted by molar-refractivity contribution is 6.67. The van der Waals surface area contributed by atoms with Crippen LogP contribution in [0.4, 0.5) is 11.5 Å². The zero-order valence-electron chi connectivity index (χ0n) is 14.2. The van der Waals surface area contributed by atoms with Crippen molar-refractivity contribution in [3.05, 3.63) is 62.9 Å². The Balaban J connectivity index is 2.41. The lowest BCUT2D eigenvalue weighted by Gasteiger charge is -2.15. The minimum absolute atomic E-state index is 0.0383. The highest BCUT2D eigenvalue weighted by Gasteiger charge is 2.20. The molecule has 1 aromatic carbocycles. The summed E-state index contributed by atoms with van der Waals surface area (Å²) in [5, 5.41) is 15.2. The molecule has 0 radical (unpaired) electrons. The van der Waals surface area contributed by atoms with Crippen molar-refractivity contribution in [1.29, 1.82) is 5.41 Å². The predicted molar refractivity (Wildman–Crippen MR) is 113 cm³/mol. The van der Waals surface area contributed by atoms with Crippen LogP contribution < -0.4 is 16.0 Å². The van der Waals surface area contributed by atoms with Crippen LogP contribution in [0, 0.1) is 5.41 Å². The highest BCUT2D eigenvalue weighted by Crippen LogP contribution is 2.31. The number of allylic oxidation sites excluding steroid dienone is 1. The fourth-order valence-corrected chi connectivity index (χ4v) is 2.90. The van der Waals surface area contributed by atoms with E-state index in [2.05, 4.69) is 20.9 Å². The van der Waals surface area contributed by atoms with Gasteiger partial charge in [0.15, 0.2) is 0 Å². The molecular formula is C17H13Cl4N5O2. The zero-order valence-corrected chi connectivity index (χ0v) is 17.3. The van der Waals surface area contributed by atoms with E-state index in [4.69, 9.17) is 51.8 Å². The minimum atomic E-state index is -0.735. The monoisotopic (exact) mass is 459 g/mol. The number of carbonyl (C=O) groups excluding carboxylic acids is 2. The third-order valence-electron chi connectivity index (χ3n) is 3.29. The number of aromatic nitrogens is 1. The second-order valence-electron chi connectivity index (χ2n) is 5.21. The van der Waals surface area contributed by atoms with Crippen molar-refractivity contribution in [2.45, 2.75) is 0 Å². The molecule has 2 amide bonds. The lowest BCUT2D eigenvalue weighted by atomic mass is 10.1. The average Bonchev–Trinajstić information content (AvgIpc) is 2.63. The van der Waals surface area contributed by atoms with Gasteiger partial charge in [0.2, 0.25) is 0 Å². The summed E-state index contributed by atoms with van der Waals surface area (Å²) in [6, 6.07) is 5.92. The summed E-state index contributed by atoms with van der Waals surface area (Å²) in [4.78, 5) is 28.9. The van der Waals surface area contributed by atoms with Crippen LogP contribution in [0.2, 0.25) is 15.1 Å². The summed E-state index contributed by atoms with van der Waals surface area (Å²) in [6.07, 6.45) is 2.53. The van der Waals surface area contributed by atoms with Gasteiger partial charge in [0.25, 0.3) is 11.8 Å². The maximum atomic E-state index is 12.8. The van der Waals surface area contributed by atoms with Crippen molar-refractivity contribution >= 4 is 74.9 Å². The number of nitrogens with one attached hydrogen (secondary N) is 4. The third-order valence-corrected chi connectivity index (χ3v) is 4.22. The lowest BCUT2D eigenvalue weighted by molar-refractivity contribution is -0.112. The largest absolute Gasteiger partial charge is 0.355 e. The summed E-state index contributed by atoms with van der Waals surface area (Å²) in [7, 11) is 1.42. The molecule has 0 unspecified atom stereocenters. The topological polar surface area (TPSA) is 107 Å². The van der Waals surface area contributed by atoms with Gasteiger partial charge in [0.1, 0.15) is 16.7 Å². The van der Waals surface area contributed by atoms with Crippen LogP contribution in [0.5, 0.6) is 0 Å². The number of amides is 2. The SMILES string of the molecule is CNC(=O)c1cc(Cl)cc(Cl)c1NC(=O)/C(=C/C(=N)Cl)Nc1ncccc1Cl. The van der Waals surface area contributed by atoms with E-state index >= 15 is 0 Å². The van der Waals surface area contributed by atoms with E-state index in [9.17, 15) is 9.59 Å². The number of halogens is 4. The molecular weight excluding hydrogens is 448 g/mol. The van der Waals surface area contributed by atoms with Gasteiger partial charge in [0.05, 0.1) is 21.3 Å². The highest BCUT2D eigenvalue weighted by atomic mass is 35.5. The van der Waals surface area contributed by atoms with E-state index in [1.54, 1.807) is 12.1 Å². The van der Waals surface area contributed by atoms with Crippen molar-refractivity contribution in [3.63, 3.8) is 0 Å². The fourth-order valence-electron chi connectivity index (χ4n) is 2.09. The molecule has 4 N–H and O–H groups in total. The van der Waals surface area contributed by atoms with Crippen LogP contribution in [-0.2, 0) is 4.79 Å². The second-order valence-corrected chi connectivity index (χ2v) is 6.87. The molecule has 1 aromatic heterocycles. The number of benzene rings is 1. The smallest absolute Gasteiger partial charge is 0.272 e. The molecule has 0 aliphatic rings. The van der Waals surface area contributed by atoms with E-state index in [-0.39, 0.29) is 37.8 Å². The number of hydrogen-bond donors (Lipinski definition) is 4. The molecule has 0 atom stereocenters. The molecule has 2 rings (SSSR count). The summed E-state index contributed by atoms with van der Waals surface area (Å²) in [5.41, 5.74) is -0.0460. The van der Waals surface area contributed by atoms with Gasteiger partial charge in [-0.25, -0.2) is 4.98 Å². The number of rotatable bonds is 6. The molecule has 2 aromatic rings. The molecule has 1 heterocycles. The molecule has 146 valence electrons. The Labute approximate surface area is 180 Å². The van der Waals surface area contributed by atoms with Gasteiger partial charge in [-0.2, -0.15) is 0 Å². The van der Waals surface area contributed by atoms with Crippen LogP contribution in [0.1, 0.15) is 10.4 Å². The first kappa shape index (κ1) is 22.0. The van der Waals surface area contributed by atoms with Crippen molar-refractivity contribution in [2.24, 2.45) is 0 Å². The van der Waals surface area contributed by atoms with E-state index in [1.165, 1.54) is 25.4 Å². The number of pyridine rings is 1. The number of hydrogen-bond acceptors (Lipinski definition) is 5. The molecule has 0 spiro atoms. The molecule has 28 heavy (non-hydrogen) atoms. The normalized spacial score (nSPS) is 11.0. The second kappa shape index (κ2) is 9.75. The number of nitrogens with zero attached hydrogens (tertiary/aromatic N) is 1. The van der Waals surface area contributed by atoms with Crippen molar-refractivity contribution < 1.29 is 9.59 Å². The predicted octanol–water partition coefficient (Wildman–Crippen LogP) is 4.55. The zero-order chi connectivity index (χ0) is 20.8. The first-order valence-electron chi connectivity index (χ1n) is 7.58. The molecule has 0 fully saturated rings. The fraction of sp³-hybridized carbons (Fsp3) is 0.0588. The van der Waals surface area contributed by atoms with E-state index in [1.807, 2.05) is 0 Å². The van der Waals surface area contributed by atoms with Crippen molar-refractivity contribution in [1.82, 2.24) is 10.3 Å². The van der Waals surface area contributed by atoms with Gasteiger partial charge in [-0.1, -0.05) is 46.4 Å². The van der Waals surface area contributed by atoms with E-state index in [0.29, 0.717) is 0 Å². The lowest BCUT2D eigenvalue weighted by Crippen LogP contribution is -2.25. The Bertz CT molecular complexity index is 978. The van der Waals surface area contributed by atoms with Gasteiger partial charge >= 0.3 is 0 Å². The van der Waals surface area contributed by atoms with Crippen LogP contribution in [0.25, 0.3) is 0 Å². The molecule has 0 saturated heterocycles. The quantitative estimate of drug-likeness (QED) is 0.374. The molecule has 11 heteroatoms. The third kappa shape index (κ3) is 5.59. The Morgan fingerprint density at radius 2 is 1.86 bits per heavy atom. The first-order chi connectivity index (χ1) is 13.2. The van der Waals surface area contributed by atoms with Crippen molar-refractivity contribution in [3.8, 4) is 0 Å². The van der Waals surface area contributed by atoms with Crippen LogP contribution in [-0.4, -0.2) is 29.0 Å². The van der Waals surface area contributed by atoms with Crippen LogP contribution >= 0.6 is 46.4 Å². The van der Waals surface area contributed by atoms with E-state index in [0.717, 1.165) is 6.08 Å². The molecule has 0 saturated carbocycles. The average molecular weight is 461 g/mol. The molecule has 7 nitrogen and oxygen atoms in total. The Hall–Kier alpha value is -2.32. The molecule has 0 aliphatic carbocycles.